The molecule has 1 aliphatic rings. The van der Waals surface area contributed by atoms with Crippen LogP contribution in [0.1, 0.15) is 20.3 Å². The molecule has 54 valence electrons. The predicted molar refractivity (Wildman–Crippen MR) is 42.1 cm³/mol. The summed E-state index contributed by atoms with van der Waals surface area (Å²) < 4.78 is 5.83. The second kappa shape index (κ2) is 3.06. The second-order valence-corrected chi connectivity index (χ2v) is 12.4. The molecule has 1 aliphatic heterocycles. The van der Waals surface area contributed by atoms with Gasteiger partial charge in [-0.05, 0) is 0 Å². The Hall–Kier alpha value is 0.503. The standard InChI is InChI=1S/C7H16GeO/c1-3-8(4-2)6-5-7-9-8/h3-7H2,1-2H3. The Bertz CT molecular complexity index is 80.9. The number of hydrogen-bond acceptors (Lipinski definition) is 1. The summed E-state index contributed by atoms with van der Waals surface area (Å²) in [5.41, 5.74) is 0. The average Bonchev–Trinajstić information content (AvgIpc) is 2.36. The van der Waals surface area contributed by atoms with Crippen LogP contribution in [0.5, 0.6) is 0 Å². The Morgan fingerprint density at radius 3 is 2.22 bits per heavy atom. The van der Waals surface area contributed by atoms with Crippen LogP contribution >= 0.6 is 0 Å². The maximum absolute atomic E-state index is 5.83. The zero-order valence-electron chi connectivity index (χ0n) is 6.44. The minimum absolute atomic E-state index is 1.07. The average molecular weight is 189 g/mol. The third-order valence-corrected chi connectivity index (χ3v) is 12.2. The van der Waals surface area contributed by atoms with Crippen LogP contribution in [0.2, 0.25) is 15.8 Å². The van der Waals surface area contributed by atoms with E-state index in [1.807, 2.05) is 0 Å². The quantitative estimate of drug-likeness (QED) is 0.605. The molecule has 0 atom stereocenters. The van der Waals surface area contributed by atoms with E-state index in [2.05, 4.69) is 13.8 Å². The van der Waals surface area contributed by atoms with Crippen molar-refractivity contribution in [3.63, 3.8) is 0 Å². The Balaban J connectivity index is 2.45. The molecule has 1 heterocycles. The summed E-state index contributed by atoms with van der Waals surface area (Å²) in [6, 6.07) is 0. The molecule has 0 N–H and O–H groups in total. The molecular formula is C7H16GeO. The molecule has 0 unspecified atom stereocenters. The van der Waals surface area contributed by atoms with Gasteiger partial charge in [-0.2, -0.15) is 0 Å². The van der Waals surface area contributed by atoms with Gasteiger partial charge in [-0.1, -0.05) is 0 Å². The van der Waals surface area contributed by atoms with Gasteiger partial charge in [0, 0.05) is 0 Å². The van der Waals surface area contributed by atoms with Crippen molar-refractivity contribution in [1.82, 2.24) is 0 Å². The van der Waals surface area contributed by atoms with E-state index >= 15 is 0 Å². The fourth-order valence-corrected chi connectivity index (χ4v) is 8.12. The molecule has 2 heteroatoms. The number of rotatable bonds is 2. The van der Waals surface area contributed by atoms with Crippen LogP contribution in [-0.4, -0.2) is 20.2 Å². The van der Waals surface area contributed by atoms with Crippen LogP contribution in [-0.2, 0) is 3.76 Å². The van der Waals surface area contributed by atoms with E-state index in [0.717, 1.165) is 6.61 Å². The van der Waals surface area contributed by atoms with Gasteiger partial charge in [0.15, 0.2) is 0 Å². The molecule has 0 aliphatic carbocycles. The van der Waals surface area contributed by atoms with Gasteiger partial charge in [0.2, 0.25) is 0 Å². The van der Waals surface area contributed by atoms with Crippen molar-refractivity contribution in [2.75, 3.05) is 6.61 Å². The van der Waals surface area contributed by atoms with Gasteiger partial charge in [0.1, 0.15) is 0 Å². The molecule has 0 aromatic carbocycles. The van der Waals surface area contributed by atoms with E-state index in [0.29, 0.717) is 0 Å². The molecule has 0 aromatic heterocycles. The van der Waals surface area contributed by atoms with Crippen LogP contribution < -0.4 is 0 Å². The predicted octanol–water partition coefficient (Wildman–Crippen LogP) is 2.39. The first-order valence-corrected chi connectivity index (χ1v) is 9.27. The fourth-order valence-electron chi connectivity index (χ4n) is 1.56. The van der Waals surface area contributed by atoms with Crippen molar-refractivity contribution in [1.29, 1.82) is 0 Å². The molecule has 0 bridgehead atoms. The maximum atomic E-state index is 5.83. The molecule has 0 spiro atoms. The molecule has 0 saturated carbocycles. The van der Waals surface area contributed by atoms with Crippen molar-refractivity contribution in [3.05, 3.63) is 0 Å². The zero-order chi connectivity index (χ0) is 6.74. The summed E-state index contributed by atoms with van der Waals surface area (Å²) >= 11 is -1.56. The van der Waals surface area contributed by atoms with E-state index in [1.165, 1.54) is 22.2 Å². The van der Waals surface area contributed by atoms with Crippen molar-refractivity contribution in [3.8, 4) is 0 Å². The molecule has 1 saturated heterocycles. The molecule has 9 heavy (non-hydrogen) atoms. The Kier molecular flexibility index (Phi) is 2.59. The van der Waals surface area contributed by atoms with Gasteiger partial charge >= 0.3 is 60.0 Å². The SMILES string of the molecule is C[CH2][Ge]1([CH2]C)[CH2]CC[O]1. The van der Waals surface area contributed by atoms with Crippen LogP contribution in [0.3, 0.4) is 0 Å². The molecule has 0 amide bonds. The Morgan fingerprint density at radius 1 is 1.33 bits per heavy atom. The second-order valence-electron chi connectivity index (χ2n) is 2.84. The first-order chi connectivity index (χ1) is 4.33. The fraction of sp³-hybridized carbons (Fsp3) is 1.00. The van der Waals surface area contributed by atoms with Crippen LogP contribution in [0.4, 0.5) is 0 Å². The topological polar surface area (TPSA) is 9.23 Å². The molecule has 1 rings (SSSR count). The van der Waals surface area contributed by atoms with Gasteiger partial charge < -0.3 is 0 Å². The molecular weight excluding hydrogens is 173 g/mol. The molecule has 1 fully saturated rings. The third kappa shape index (κ3) is 1.50. The van der Waals surface area contributed by atoms with Gasteiger partial charge in [-0.25, -0.2) is 0 Å². The van der Waals surface area contributed by atoms with Gasteiger partial charge in [0.05, 0.1) is 0 Å². The summed E-state index contributed by atoms with van der Waals surface area (Å²) in [5.74, 6) is 0. The van der Waals surface area contributed by atoms with Crippen molar-refractivity contribution < 1.29 is 3.76 Å². The van der Waals surface area contributed by atoms with Gasteiger partial charge in [-0.15, -0.1) is 0 Å². The zero-order valence-corrected chi connectivity index (χ0v) is 8.54. The first-order valence-electron chi connectivity index (χ1n) is 3.97. The Labute approximate surface area is 60.5 Å². The van der Waals surface area contributed by atoms with Crippen molar-refractivity contribution in [2.45, 2.75) is 36.0 Å². The summed E-state index contributed by atoms with van der Waals surface area (Å²) in [5, 5.41) is 4.21. The van der Waals surface area contributed by atoms with Gasteiger partial charge in [-0.3, -0.25) is 0 Å². The molecule has 0 radical (unpaired) electrons. The third-order valence-electron chi connectivity index (χ3n) is 2.47. The van der Waals surface area contributed by atoms with E-state index in [4.69, 9.17) is 3.76 Å². The van der Waals surface area contributed by atoms with Crippen molar-refractivity contribution in [2.24, 2.45) is 0 Å². The van der Waals surface area contributed by atoms with E-state index in [1.54, 1.807) is 0 Å². The van der Waals surface area contributed by atoms with E-state index < -0.39 is 13.6 Å². The summed E-state index contributed by atoms with van der Waals surface area (Å²) in [7, 11) is 0. The van der Waals surface area contributed by atoms with Crippen molar-refractivity contribution >= 4 is 13.6 Å². The number of hydrogen-bond donors (Lipinski definition) is 0. The van der Waals surface area contributed by atoms with Gasteiger partial charge in [0.25, 0.3) is 0 Å². The molecule has 1 nitrogen and oxygen atoms in total. The monoisotopic (exact) mass is 190 g/mol. The van der Waals surface area contributed by atoms with Crippen LogP contribution in [0.25, 0.3) is 0 Å². The van der Waals surface area contributed by atoms with Crippen LogP contribution in [0, 0.1) is 0 Å². The summed E-state index contributed by atoms with van der Waals surface area (Å²) in [4.78, 5) is 0. The molecule has 0 aromatic rings. The van der Waals surface area contributed by atoms with E-state index in [9.17, 15) is 0 Å². The normalized spacial score (nSPS) is 24.7. The van der Waals surface area contributed by atoms with Crippen LogP contribution in [0.15, 0.2) is 0 Å². The Morgan fingerprint density at radius 2 is 2.00 bits per heavy atom. The summed E-state index contributed by atoms with van der Waals surface area (Å²) in [6.45, 7) is 5.67. The minimum atomic E-state index is -1.56. The van der Waals surface area contributed by atoms with E-state index in [-0.39, 0.29) is 0 Å². The first kappa shape index (κ1) is 7.61. The summed E-state index contributed by atoms with van der Waals surface area (Å²) in [6.07, 6.45) is 1.35.